The summed E-state index contributed by atoms with van der Waals surface area (Å²) in [6.07, 6.45) is 0.734. The summed E-state index contributed by atoms with van der Waals surface area (Å²) in [6, 6.07) is 4.36. The summed E-state index contributed by atoms with van der Waals surface area (Å²) >= 11 is 5.20. The second kappa shape index (κ2) is 5.85. The Labute approximate surface area is 97.5 Å². The Balaban J connectivity index is 2.22. The van der Waals surface area contributed by atoms with Crippen LogP contribution in [0, 0.1) is 0 Å². The monoisotopic (exact) mass is 277 g/mol. The highest BCUT2D eigenvalue weighted by molar-refractivity contribution is 9.11. The van der Waals surface area contributed by atoms with Gasteiger partial charge >= 0.3 is 0 Å². The lowest BCUT2D eigenvalue weighted by Gasteiger charge is -2.15. The predicted octanol–water partition coefficient (Wildman–Crippen LogP) is 2.41. The summed E-state index contributed by atoms with van der Waals surface area (Å²) in [4.78, 5) is 1.36. The first-order chi connectivity index (χ1) is 6.59. The van der Waals surface area contributed by atoms with E-state index >= 15 is 0 Å². The Morgan fingerprint density at radius 2 is 2.21 bits per heavy atom. The maximum atomic E-state index is 9.25. The molecule has 2 atom stereocenters. The quantitative estimate of drug-likeness (QED) is 0.867. The van der Waals surface area contributed by atoms with Crippen molar-refractivity contribution in [2.75, 3.05) is 6.54 Å². The highest BCUT2D eigenvalue weighted by atomic mass is 79.9. The van der Waals surface area contributed by atoms with Crippen LogP contribution in [0.2, 0.25) is 0 Å². The van der Waals surface area contributed by atoms with E-state index in [9.17, 15) is 5.11 Å². The lowest BCUT2D eigenvalue weighted by molar-refractivity contribution is 0.153. The lowest BCUT2D eigenvalue weighted by atomic mass is 10.2. The van der Waals surface area contributed by atoms with Crippen LogP contribution < -0.4 is 5.32 Å². The van der Waals surface area contributed by atoms with Crippen LogP contribution in [0.15, 0.2) is 15.9 Å². The van der Waals surface area contributed by atoms with Gasteiger partial charge in [0, 0.05) is 17.5 Å². The summed E-state index contributed by atoms with van der Waals surface area (Å²) < 4.78 is 1.18. The van der Waals surface area contributed by atoms with Crippen LogP contribution in [-0.4, -0.2) is 23.8 Å². The van der Waals surface area contributed by atoms with Crippen LogP contribution in [0.1, 0.15) is 18.7 Å². The van der Waals surface area contributed by atoms with E-state index in [-0.39, 0.29) is 12.1 Å². The van der Waals surface area contributed by atoms with Gasteiger partial charge in [0.15, 0.2) is 0 Å². The summed E-state index contributed by atoms with van der Waals surface area (Å²) in [5.74, 6) is 0. The first-order valence-corrected chi connectivity index (χ1v) is 6.36. The number of rotatable bonds is 5. The fraction of sp³-hybridized carbons (Fsp3) is 0.600. The average molecular weight is 278 g/mol. The smallest absolute Gasteiger partial charge is 0.0701 e. The van der Waals surface area contributed by atoms with Crippen molar-refractivity contribution < 1.29 is 5.11 Å². The number of nitrogens with one attached hydrogen (secondary N) is 1. The Bertz CT molecular complexity index is 275. The second-order valence-electron chi connectivity index (χ2n) is 3.44. The van der Waals surface area contributed by atoms with Gasteiger partial charge in [0.2, 0.25) is 0 Å². The van der Waals surface area contributed by atoms with Gasteiger partial charge in [-0.3, -0.25) is 0 Å². The summed E-state index contributed by atoms with van der Waals surface area (Å²) in [7, 11) is 0. The van der Waals surface area contributed by atoms with E-state index in [4.69, 9.17) is 0 Å². The molecule has 0 spiro atoms. The Morgan fingerprint density at radius 1 is 1.50 bits per heavy atom. The molecular formula is C10H16BrNOS. The predicted molar refractivity (Wildman–Crippen MR) is 64.9 cm³/mol. The van der Waals surface area contributed by atoms with Gasteiger partial charge in [0.05, 0.1) is 9.89 Å². The second-order valence-corrected chi connectivity index (χ2v) is 5.99. The number of aliphatic hydroxyl groups excluding tert-OH is 1. The molecule has 1 aromatic heterocycles. The zero-order valence-electron chi connectivity index (χ0n) is 8.46. The van der Waals surface area contributed by atoms with Crippen molar-refractivity contribution in [1.29, 1.82) is 0 Å². The molecule has 2 unspecified atom stereocenters. The van der Waals surface area contributed by atoms with Gasteiger partial charge in [0.1, 0.15) is 0 Å². The minimum atomic E-state index is -0.287. The van der Waals surface area contributed by atoms with Gasteiger partial charge in [-0.1, -0.05) is 0 Å². The van der Waals surface area contributed by atoms with Crippen LogP contribution in [0.3, 0.4) is 0 Å². The topological polar surface area (TPSA) is 32.3 Å². The van der Waals surface area contributed by atoms with Crippen molar-refractivity contribution >= 4 is 27.3 Å². The molecule has 1 heterocycles. The average Bonchev–Trinajstić information content (AvgIpc) is 2.51. The molecule has 80 valence electrons. The maximum Gasteiger partial charge on any atom is 0.0701 e. The molecule has 2 N–H and O–H groups in total. The van der Waals surface area contributed by atoms with Crippen LogP contribution >= 0.6 is 27.3 Å². The Hall–Kier alpha value is 0.1000. The largest absolute Gasteiger partial charge is 0.392 e. The maximum absolute atomic E-state index is 9.25. The highest BCUT2D eigenvalue weighted by Crippen LogP contribution is 2.22. The van der Waals surface area contributed by atoms with Crippen molar-refractivity contribution in [3.8, 4) is 0 Å². The summed E-state index contributed by atoms with van der Waals surface area (Å²) in [5, 5.41) is 12.5. The van der Waals surface area contributed by atoms with Crippen molar-refractivity contribution in [3.63, 3.8) is 0 Å². The van der Waals surface area contributed by atoms with Gasteiger partial charge in [-0.25, -0.2) is 0 Å². The van der Waals surface area contributed by atoms with Crippen molar-refractivity contribution in [2.45, 2.75) is 32.4 Å². The van der Waals surface area contributed by atoms with Gasteiger partial charge in [-0.05, 0) is 48.3 Å². The molecule has 1 aromatic rings. The third-order valence-corrected chi connectivity index (χ3v) is 3.87. The zero-order chi connectivity index (χ0) is 10.6. The van der Waals surface area contributed by atoms with Crippen molar-refractivity contribution in [3.05, 3.63) is 20.8 Å². The minimum absolute atomic E-state index is 0.165. The van der Waals surface area contributed by atoms with Crippen LogP contribution in [0.5, 0.6) is 0 Å². The van der Waals surface area contributed by atoms with E-state index in [1.165, 1.54) is 8.66 Å². The molecule has 0 saturated carbocycles. The highest BCUT2D eigenvalue weighted by Gasteiger charge is 2.07. The van der Waals surface area contributed by atoms with E-state index in [0.29, 0.717) is 0 Å². The van der Waals surface area contributed by atoms with E-state index in [2.05, 4.69) is 33.4 Å². The van der Waals surface area contributed by atoms with Gasteiger partial charge < -0.3 is 10.4 Å². The molecule has 0 saturated heterocycles. The number of aliphatic hydroxyl groups is 1. The van der Waals surface area contributed by atoms with E-state index in [0.717, 1.165) is 13.0 Å². The molecule has 0 aliphatic heterocycles. The number of hydrogen-bond acceptors (Lipinski definition) is 3. The van der Waals surface area contributed by atoms with Crippen molar-refractivity contribution in [1.82, 2.24) is 5.32 Å². The third-order valence-electron chi connectivity index (χ3n) is 2.19. The molecule has 2 nitrogen and oxygen atoms in total. The Kier molecular flexibility index (Phi) is 5.09. The molecule has 0 aliphatic carbocycles. The van der Waals surface area contributed by atoms with E-state index in [1.807, 2.05) is 6.92 Å². The lowest BCUT2D eigenvalue weighted by Crippen LogP contribution is -2.36. The first-order valence-electron chi connectivity index (χ1n) is 4.75. The van der Waals surface area contributed by atoms with Crippen LogP contribution in [0.4, 0.5) is 0 Å². The molecule has 0 aromatic carbocycles. The minimum Gasteiger partial charge on any atom is -0.392 e. The van der Waals surface area contributed by atoms with Crippen LogP contribution in [-0.2, 0) is 6.42 Å². The fourth-order valence-electron chi connectivity index (χ4n) is 1.08. The molecule has 0 radical (unpaired) electrons. The molecular weight excluding hydrogens is 262 g/mol. The number of halogens is 1. The molecule has 0 amide bonds. The standard InChI is InChI=1S/C10H16BrNOS/c1-7(8(2)13)12-6-5-9-3-4-10(11)14-9/h3-4,7-8,12-13H,5-6H2,1-2H3. The van der Waals surface area contributed by atoms with Gasteiger partial charge in [0.25, 0.3) is 0 Å². The summed E-state index contributed by atoms with van der Waals surface area (Å²) in [6.45, 7) is 4.72. The Morgan fingerprint density at radius 3 is 2.71 bits per heavy atom. The molecule has 0 bridgehead atoms. The van der Waals surface area contributed by atoms with E-state index in [1.54, 1.807) is 18.3 Å². The fourth-order valence-corrected chi connectivity index (χ4v) is 2.56. The number of thiophene rings is 1. The summed E-state index contributed by atoms with van der Waals surface area (Å²) in [5.41, 5.74) is 0. The third kappa shape index (κ3) is 4.09. The van der Waals surface area contributed by atoms with Crippen LogP contribution in [0.25, 0.3) is 0 Å². The number of hydrogen-bond donors (Lipinski definition) is 2. The molecule has 1 rings (SSSR count). The molecule has 4 heteroatoms. The zero-order valence-corrected chi connectivity index (χ0v) is 10.9. The SMILES string of the molecule is CC(O)C(C)NCCc1ccc(Br)s1. The van der Waals surface area contributed by atoms with Gasteiger partial charge in [-0.2, -0.15) is 0 Å². The molecule has 14 heavy (non-hydrogen) atoms. The normalized spacial score (nSPS) is 15.4. The van der Waals surface area contributed by atoms with Crippen molar-refractivity contribution in [2.24, 2.45) is 0 Å². The van der Waals surface area contributed by atoms with Gasteiger partial charge in [-0.15, -0.1) is 11.3 Å². The molecule has 0 fully saturated rings. The van der Waals surface area contributed by atoms with E-state index < -0.39 is 0 Å². The first kappa shape index (κ1) is 12.2. The molecule has 0 aliphatic rings.